The molecule has 0 saturated heterocycles. The zero-order valence-corrected chi connectivity index (χ0v) is 13.5. The Labute approximate surface area is 140 Å². The third kappa shape index (κ3) is 3.38. The van der Waals surface area contributed by atoms with Crippen molar-refractivity contribution in [2.75, 3.05) is 18.5 Å². The number of hydrogen-bond acceptors (Lipinski definition) is 4. The van der Waals surface area contributed by atoms with Crippen molar-refractivity contribution in [1.82, 2.24) is 14.9 Å². The van der Waals surface area contributed by atoms with Gasteiger partial charge in [0.1, 0.15) is 5.82 Å². The van der Waals surface area contributed by atoms with Crippen LogP contribution in [0.1, 0.15) is 16.2 Å². The van der Waals surface area contributed by atoms with E-state index in [0.29, 0.717) is 12.1 Å². The summed E-state index contributed by atoms with van der Waals surface area (Å²) in [5.41, 5.74) is 3.46. The minimum absolute atomic E-state index is 0.0730. The van der Waals surface area contributed by atoms with E-state index in [2.05, 4.69) is 20.2 Å². The van der Waals surface area contributed by atoms with Crippen LogP contribution in [0.3, 0.4) is 0 Å². The molecule has 3 N–H and O–H groups in total. The first-order valence-electron chi connectivity index (χ1n) is 7.82. The van der Waals surface area contributed by atoms with Gasteiger partial charge in [0.05, 0.1) is 24.2 Å². The number of aryl methyl sites for hydroxylation is 1. The zero-order valence-electron chi connectivity index (χ0n) is 13.5. The highest BCUT2D eigenvalue weighted by Gasteiger charge is 2.08. The van der Waals surface area contributed by atoms with Crippen molar-refractivity contribution in [3.8, 4) is 0 Å². The average Bonchev–Trinajstić information content (AvgIpc) is 2.94. The van der Waals surface area contributed by atoms with Crippen molar-refractivity contribution in [3.05, 3.63) is 59.9 Å². The van der Waals surface area contributed by atoms with E-state index < -0.39 is 0 Å². The maximum atomic E-state index is 11.9. The molecule has 1 heterocycles. The predicted octanol–water partition coefficient (Wildman–Crippen LogP) is 1.91. The van der Waals surface area contributed by atoms with E-state index in [-0.39, 0.29) is 19.1 Å². The lowest BCUT2D eigenvalue weighted by atomic mass is 10.2. The lowest BCUT2D eigenvalue weighted by Gasteiger charge is -2.09. The van der Waals surface area contributed by atoms with E-state index in [4.69, 9.17) is 5.11 Å². The molecule has 0 spiro atoms. The molecule has 1 amide bonds. The van der Waals surface area contributed by atoms with Gasteiger partial charge in [-0.25, -0.2) is 4.98 Å². The number of rotatable bonds is 6. The van der Waals surface area contributed by atoms with Gasteiger partial charge in [0, 0.05) is 24.8 Å². The summed E-state index contributed by atoms with van der Waals surface area (Å²) in [4.78, 5) is 16.6. The van der Waals surface area contributed by atoms with Crippen LogP contribution in [0.4, 0.5) is 5.69 Å². The smallest absolute Gasteiger partial charge is 0.251 e. The highest BCUT2D eigenvalue weighted by molar-refractivity contribution is 5.95. The van der Waals surface area contributed by atoms with Gasteiger partial charge in [0.15, 0.2) is 0 Å². The fourth-order valence-electron chi connectivity index (χ4n) is 2.58. The highest BCUT2D eigenvalue weighted by atomic mass is 16.3. The van der Waals surface area contributed by atoms with Crippen molar-refractivity contribution in [3.63, 3.8) is 0 Å². The first-order chi connectivity index (χ1) is 11.7. The Morgan fingerprint density at radius 2 is 2.04 bits per heavy atom. The molecule has 0 aliphatic carbocycles. The summed E-state index contributed by atoms with van der Waals surface area (Å²) in [6.45, 7) is 0.736. The number of anilines is 1. The van der Waals surface area contributed by atoms with Crippen molar-refractivity contribution in [1.29, 1.82) is 0 Å². The molecular formula is C18H20N4O2. The third-order valence-corrected chi connectivity index (χ3v) is 3.85. The Morgan fingerprint density at radius 1 is 1.21 bits per heavy atom. The molecule has 0 atom stereocenters. The molecule has 0 aliphatic heterocycles. The number of imidazole rings is 1. The molecule has 24 heavy (non-hydrogen) atoms. The number of amides is 1. The molecule has 0 unspecified atom stereocenters. The number of nitrogens with one attached hydrogen (secondary N) is 2. The van der Waals surface area contributed by atoms with Gasteiger partial charge < -0.3 is 20.3 Å². The summed E-state index contributed by atoms with van der Waals surface area (Å²) in [5.74, 6) is 0.724. The number of hydrogen-bond donors (Lipinski definition) is 3. The molecule has 2 aromatic carbocycles. The number of aliphatic hydroxyl groups excluding tert-OH is 1. The third-order valence-electron chi connectivity index (χ3n) is 3.85. The number of nitrogens with zero attached hydrogens (tertiary/aromatic N) is 2. The van der Waals surface area contributed by atoms with E-state index in [1.165, 1.54) is 0 Å². The predicted molar refractivity (Wildman–Crippen MR) is 93.9 cm³/mol. The van der Waals surface area contributed by atoms with Gasteiger partial charge in [0.25, 0.3) is 5.91 Å². The van der Waals surface area contributed by atoms with E-state index in [9.17, 15) is 4.79 Å². The van der Waals surface area contributed by atoms with Crippen LogP contribution in [0.5, 0.6) is 0 Å². The summed E-state index contributed by atoms with van der Waals surface area (Å²) in [6, 6.07) is 15.3. The van der Waals surface area contributed by atoms with Crippen LogP contribution in [0.15, 0.2) is 48.5 Å². The van der Waals surface area contributed by atoms with Crippen molar-refractivity contribution in [2.24, 2.45) is 7.05 Å². The van der Waals surface area contributed by atoms with Gasteiger partial charge in [-0.2, -0.15) is 0 Å². The van der Waals surface area contributed by atoms with Crippen LogP contribution in [0.25, 0.3) is 11.0 Å². The molecule has 0 saturated carbocycles. The molecule has 0 bridgehead atoms. The Bertz CT molecular complexity index is 857. The molecule has 1 aromatic heterocycles. The topological polar surface area (TPSA) is 79.2 Å². The van der Waals surface area contributed by atoms with Gasteiger partial charge in [-0.1, -0.05) is 18.2 Å². The van der Waals surface area contributed by atoms with Gasteiger partial charge in [0.2, 0.25) is 0 Å². The standard InChI is InChI=1S/C18H20N4O2/c1-22-16-8-3-2-7-15(16)21-17(22)12-20-14-6-4-5-13(11-14)18(24)19-9-10-23/h2-8,11,20,23H,9-10,12H2,1H3,(H,19,24). The van der Waals surface area contributed by atoms with Gasteiger partial charge in [-0.3, -0.25) is 4.79 Å². The second kappa shape index (κ2) is 7.14. The molecular weight excluding hydrogens is 304 g/mol. The highest BCUT2D eigenvalue weighted by Crippen LogP contribution is 2.16. The fraction of sp³-hybridized carbons (Fsp3) is 0.222. The molecule has 0 radical (unpaired) electrons. The van der Waals surface area contributed by atoms with Crippen LogP contribution in [0.2, 0.25) is 0 Å². The quantitative estimate of drug-likeness (QED) is 0.647. The van der Waals surface area contributed by atoms with Crippen molar-refractivity contribution < 1.29 is 9.90 Å². The number of aliphatic hydroxyl groups is 1. The van der Waals surface area contributed by atoms with Crippen molar-refractivity contribution >= 4 is 22.6 Å². The van der Waals surface area contributed by atoms with Gasteiger partial charge >= 0.3 is 0 Å². The summed E-state index contributed by atoms with van der Waals surface area (Å²) < 4.78 is 2.06. The number of fused-ring (bicyclic) bond motifs is 1. The SMILES string of the molecule is Cn1c(CNc2cccc(C(=O)NCCO)c2)nc2ccccc21. The second-order valence-electron chi connectivity index (χ2n) is 5.49. The minimum Gasteiger partial charge on any atom is -0.395 e. The number of para-hydroxylation sites is 2. The lowest BCUT2D eigenvalue weighted by molar-refractivity contribution is 0.0945. The maximum Gasteiger partial charge on any atom is 0.251 e. The van der Waals surface area contributed by atoms with E-state index in [1.54, 1.807) is 12.1 Å². The average molecular weight is 324 g/mol. The second-order valence-corrected chi connectivity index (χ2v) is 5.49. The first-order valence-corrected chi connectivity index (χ1v) is 7.82. The van der Waals surface area contributed by atoms with E-state index >= 15 is 0 Å². The molecule has 0 fully saturated rings. The van der Waals surface area contributed by atoms with E-state index in [1.807, 2.05) is 43.4 Å². The van der Waals surface area contributed by atoms with E-state index in [0.717, 1.165) is 22.5 Å². The number of carbonyl (C=O) groups is 1. The lowest BCUT2D eigenvalue weighted by Crippen LogP contribution is -2.26. The van der Waals surface area contributed by atoms with Crippen LogP contribution < -0.4 is 10.6 Å². The van der Waals surface area contributed by atoms with Crippen LogP contribution >= 0.6 is 0 Å². The zero-order chi connectivity index (χ0) is 16.9. The fourth-order valence-corrected chi connectivity index (χ4v) is 2.58. The Hall–Kier alpha value is -2.86. The molecule has 3 rings (SSSR count). The Morgan fingerprint density at radius 3 is 2.83 bits per heavy atom. The summed E-state index contributed by atoms with van der Waals surface area (Å²) >= 11 is 0. The molecule has 3 aromatic rings. The molecule has 124 valence electrons. The molecule has 6 nitrogen and oxygen atoms in total. The first kappa shape index (κ1) is 16.0. The Kier molecular flexibility index (Phi) is 4.77. The van der Waals surface area contributed by atoms with Gasteiger partial charge in [-0.05, 0) is 30.3 Å². The normalized spacial score (nSPS) is 10.8. The molecule has 6 heteroatoms. The monoisotopic (exact) mass is 324 g/mol. The van der Waals surface area contributed by atoms with Crippen molar-refractivity contribution in [2.45, 2.75) is 6.54 Å². The summed E-state index contributed by atoms with van der Waals surface area (Å²) in [6.07, 6.45) is 0. The van der Waals surface area contributed by atoms with Crippen LogP contribution in [0, 0.1) is 0 Å². The largest absolute Gasteiger partial charge is 0.395 e. The van der Waals surface area contributed by atoms with Gasteiger partial charge in [-0.15, -0.1) is 0 Å². The summed E-state index contributed by atoms with van der Waals surface area (Å²) in [7, 11) is 1.99. The summed E-state index contributed by atoms with van der Waals surface area (Å²) in [5, 5.41) is 14.7. The maximum absolute atomic E-state index is 11.9. The number of benzene rings is 2. The molecule has 0 aliphatic rings. The number of carbonyl (C=O) groups excluding carboxylic acids is 1. The number of aromatic nitrogens is 2. The Balaban J connectivity index is 1.72. The van der Waals surface area contributed by atoms with Crippen LogP contribution in [-0.2, 0) is 13.6 Å². The van der Waals surface area contributed by atoms with Crippen LogP contribution in [-0.4, -0.2) is 33.7 Å². The minimum atomic E-state index is -0.199.